The summed E-state index contributed by atoms with van der Waals surface area (Å²) in [7, 11) is 2.67. The molecule has 12 heteroatoms. The van der Waals surface area contributed by atoms with Crippen molar-refractivity contribution in [1.29, 1.82) is 0 Å². The van der Waals surface area contributed by atoms with Crippen LogP contribution in [0.4, 0.5) is 26.3 Å². The Morgan fingerprint density at radius 1 is 0.581 bits per heavy atom. The number of hydrogen-bond acceptors (Lipinski definition) is 6. The van der Waals surface area contributed by atoms with Gasteiger partial charge in [0, 0.05) is 10.8 Å². The van der Waals surface area contributed by atoms with Gasteiger partial charge >= 0.3 is 24.3 Å². The molecule has 0 bridgehead atoms. The molecule has 0 amide bonds. The fraction of sp³-hybridized carbons (Fsp3) is 0.480. The summed E-state index contributed by atoms with van der Waals surface area (Å²) in [6.45, 7) is 0. The number of alkyl halides is 6. The second-order valence-electron chi connectivity index (χ2n) is 18.0. The summed E-state index contributed by atoms with van der Waals surface area (Å²) in [5.41, 5.74) is 0.740. The summed E-state index contributed by atoms with van der Waals surface area (Å²) < 4.78 is 92.0. The average Bonchev–Trinajstić information content (AvgIpc) is 3.50. The minimum absolute atomic E-state index is 0.243. The van der Waals surface area contributed by atoms with E-state index in [1.165, 1.54) is 14.2 Å². The predicted octanol–water partition coefficient (Wildman–Crippen LogP) is 10.8. The standard InChI is InChI=1S/2C25H27F3O3/c2*1-31-22(29)19-10-11-21-18(14-19)8-5-9-20-16-24(30,25(26,27)28)13-12-23(20,21)15-17-6-3-2-4-7-17/h2*2-4,6-7,10-11,14,20,30H,5,8-9,12-13,15-16H2,1H3/t2*20-,23+,24-/m10/s1. The third-order valence-electron chi connectivity index (χ3n) is 14.6. The molecule has 6 nitrogen and oxygen atoms in total. The van der Waals surface area contributed by atoms with Gasteiger partial charge in [0.05, 0.1) is 25.3 Å². The Morgan fingerprint density at radius 2 is 0.952 bits per heavy atom. The fourth-order valence-electron chi connectivity index (χ4n) is 11.4. The highest BCUT2D eigenvalue weighted by molar-refractivity contribution is 5.90. The molecule has 0 heterocycles. The van der Waals surface area contributed by atoms with Crippen LogP contribution in [0.5, 0.6) is 0 Å². The molecular formula is C50H54F6O6. The molecule has 2 fully saturated rings. The summed E-state index contributed by atoms with van der Waals surface area (Å²) in [6, 6.07) is 30.5. The molecule has 0 unspecified atom stereocenters. The summed E-state index contributed by atoms with van der Waals surface area (Å²) in [5.74, 6) is -1.46. The van der Waals surface area contributed by atoms with Crippen molar-refractivity contribution in [3.8, 4) is 0 Å². The lowest BCUT2D eigenvalue weighted by Gasteiger charge is -2.50. The van der Waals surface area contributed by atoms with Gasteiger partial charge in [-0.3, -0.25) is 0 Å². The second kappa shape index (κ2) is 17.5. The van der Waals surface area contributed by atoms with Crippen molar-refractivity contribution >= 4 is 11.9 Å². The van der Waals surface area contributed by atoms with E-state index in [9.17, 15) is 46.1 Å². The first kappa shape index (κ1) is 45.3. The molecule has 2 saturated carbocycles. The van der Waals surface area contributed by atoms with Gasteiger partial charge in [-0.2, -0.15) is 26.3 Å². The van der Waals surface area contributed by atoms with E-state index < -0.39 is 46.3 Å². The zero-order valence-corrected chi connectivity index (χ0v) is 35.1. The highest BCUT2D eigenvalue weighted by Gasteiger charge is 2.62. The molecule has 4 aliphatic rings. The number of methoxy groups -OCH3 is 2. The van der Waals surface area contributed by atoms with E-state index in [-0.39, 0.29) is 50.4 Å². The highest BCUT2D eigenvalue weighted by Crippen LogP contribution is 2.58. The fourth-order valence-corrected chi connectivity index (χ4v) is 11.4. The van der Waals surface area contributed by atoms with E-state index in [0.29, 0.717) is 62.5 Å². The molecule has 332 valence electrons. The van der Waals surface area contributed by atoms with Crippen LogP contribution in [0.1, 0.15) is 118 Å². The van der Waals surface area contributed by atoms with Crippen molar-refractivity contribution < 1.29 is 55.6 Å². The van der Waals surface area contributed by atoms with Gasteiger partial charge in [-0.25, -0.2) is 9.59 Å². The number of esters is 2. The van der Waals surface area contributed by atoms with Crippen LogP contribution < -0.4 is 0 Å². The molecule has 4 aromatic carbocycles. The Hall–Kier alpha value is -4.68. The molecule has 8 rings (SSSR count). The molecule has 0 radical (unpaired) electrons. The second-order valence-corrected chi connectivity index (χ2v) is 18.0. The van der Waals surface area contributed by atoms with Crippen LogP contribution in [0.15, 0.2) is 97.1 Å². The first-order chi connectivity index (χ1) is 29.4. The molecule has 0 saturated heterocycles. The predicted molar refractivity (Wildman–Crippen MR) is 222 cm³/mol. The molecule has 4 aliphatic carbocycles. The number of benzene rings is 4. The number of aliphatic hydroxyl groups is 2. The maximum Gasteiger partial charge on any atom is 0.417 e. The van der Waals surface area contributed by atoms with Gasteiger partial charge in [0.2, 0.25) is 0 Å². The molecule has 0 aliphatic heterocycles. The Morgan fingerprint density at radius 3 is 1.29 bits per heavy atom. The van der Waals surface area contributed by atoms with Crippen molar-refractivity contribution in [2.45, 2.75) is 124 Å². The van der Waals surface area contributed by atoms with E-state index in [4.69, 9.17) is 9.47 Å². The average molecular weight is 865 g/mol. The van der Waals surface area contributed by atoms with Crippen molar-refractivity contribution in [3.63, 3.8) is 0 Å². The summed E-state index contributed by atoms with van der Waals surface area (Å²) in [4.78, 5) is 24.1. The van der Waals surface area contributed by atoms with Crippen LogP contribution in [0, 0.1) is 11.8 Å². The molecule has 6 atom stereocenters. The lowest BCUT2D eigenvalue weighted by molar-refractivity contribution is -0.279. The van der Waals surface area contributed by atoms with Gasteiger partial charge in [0.25, 0.3) is 0 Å². The van der Waals surface area contributed by atoms with Crippen molar-refractivity contribution in [2.75, 3.05) is 14.2 Å². The normalized spacial score (nSPS) is 28.2. The van der Waals surface area contributed by atoms with Crippen LogP contribution in [-0.4, -0.2) is 59.9 Å². The molecule has 62 heavy (non-hydrogen) atoms. The first-order valence-electron chi connectivity index (χ1n) is 21.5. The van der Waals surface area contributed by atoms with Gasteiger partial charge in [-0.1, -0.05) is 72.8 Å². The van der Waals surface area contributed by atoms with Gasteiger partial charge in [0.1, 0.15) is 0 Å². The number of rotatable bonds is 6. The zero-order valence-electron chi connectivity index (χ0n) is 35.1. The van der Waals surface area contributed by atoms with Crippen molar-refractivity contribution in [3.05, 3.63) is 142 Å². The number of aryl methyl sites for hydroxylation is 2. The van der Waals surface area contributed by atoms with E-state index in [1.54, 1.807) is 12.1 Å². The lowest BCUT2D eigenvalue weighted by atomic mass is 9.56. The van der Waals surface area contributed by atoms with E-state index >= 15 is 0 Å². The van der Waals surface area contributed by atoms with Crippen molar-refractivity contribution in [2.24, 2.45) is 11.8 Å². The monoisotopic (exact) mass is 864 g/mol. The van der Waals surface area contributed by atoms with Gasteiger partial charge < -0.3 is 19.7 Å². The van der Waals surface area contributed by atoms with E-state index in [0.717, 1.165) is 33.4 Å². The largest absolute Gasteiger partial charge is 0.465 e. The number of ether oxygens (including phenoxy) is 2. The van der Waals surface area contributed by atoms with Crippen LogP contribution >= 0.6 is 0 Å². The van der Waals surface area contributed by atoms with Gasteiger partial charge in [0.15, 0.2) is 11.2 Å². The molecule has 0 spiro atoms. The zero-order chi connectivity index (χ0) is 44.6. The van der Waals surface area contributed by atoms with Gasteiger partial charge in [-0.05, 0) is 159 Å². The minimum Gasteiger partial charge on any atom is -0.465 e. The van der Waals surface area contributed by atoms with Crippen LogP contribution in [0.3, 0.4) is 0 Å². The summed E-state index contributed by atoms with van der Waals surface area (Å²) in [5, 5.41) is 21.1. The van der Waals surface area contributed by atoms with E-state index in [1.807, 2.05) is 84.9 Å². The van der Waals surface area contributed by atoms with Crippen LogP contribution in [-0.2, 0) is 46.0 Å². The topological polar surface area (TPSA) is 93.1 Å². The number of carbonyl (C=O) groups excluding carboxylic acids is 2. The van der Waals surface area contributed by atoms with Crippen molar-refractivity contribution in [1.82, 2.24) is 0 Å². The molecule has 4 aromatic rings. The smallest absolute Gasteiger partial charge is 0.417 e. The lowest BCUT2D eigenvalue weighted by Crippen LogP contribution is -2.55. The third-order valence-corrected chi connectivity index (χ3v) is 14.6. The third kappa shape index (κ3) is 8.66. The number of hydrogen-bond donors (Lipinski definition) is 2. The first-order valence-corrected chi connectivity index (χ1v) is 21.5. The van der Waals surface area contributed by atoms with Crippen LogP contribution in [0.2, 0.25) is 0 Å². The molecular weight excluding hydrogens is 811 g/mol. The minimum atomic E-state index is -4.64. The van der Waals surface area contributed by atoms with Gasteiger partial charge in [-0.15, -0.1) is 0 Å². The quantitative estimate of drug-likeness (QED) is 0.148. The van der Waals surface area contributed by atoms with E-state index in [2.05, 4.69) is 0 Å². The molecule has 0 aromatic heterocycles. The SMILES string of the molecule is COC(=O)c1ccc2c(c1)CCC[C@@H]1C[C@@](O)(C(F)(F)F)CC[C@@]21Cc1ccccc1.COC(=O)c1ccc2c(c1)CCC[C@H]1C[C@](O)(C(F)(F)F)CC[C@]21Cc1ccccc1. The van der Waals surface area contributed by atoms with Crippen LogP contribution in [0.25, 0.3) is 0 Å². The number of carbonyl (C=O) groups is 2. The molecule has 2 N–H and O–H groups in total. The summed E-state index contributed by atoms with van der Waals surface area (Å²) >= 11 is 0. The Bertz CT molecular complexity index is 2070. The highest BCUT2D eigenvalue weighted by atomic mass is 19.4. The maximum atomic E-state index is 13.7. The Balaban J connectivity index is 0.000000186. The maximum absolute atomic E-state index is 13.7. The Labute approximate surface area is 358 Å². The summed E-state index contributed by atoms with van der Waals surface area (Å²) in [6.07, 6.45) is -4.78. The Kier molecular flexibility index (Phi) is 12.8. The number of fused-ring (bicyclic) bond motifs is 6. The number of halogens is 6.